The summed E-state index contributed by atoms with van der Waals surface area (Å²) in [7, 11) is 0. The average Bonchev–Trinajstić information content (AvgIpc) is 2.28. The van der Waals surface area contributed by atoms with E-state index in [0.29, 0.717) is 27.4 Å². The minimum atomic E-state index is 0.380. The van der Waals surface area contributed by atoms with Gasteiger partial charge in [0.05, 0.1) is 5.56 Å². The molecule has 0 saturated heterocycles. The molecule has 0 aliphatic heterocycles. The van der Waals surface area contributed by atoms with Crippen LogP contribution in [-0.4, -0.2) is 10.7 Å². The van der Waals surface area contributed by atoms with Gasteiger partial charge in [-0.2, -0.15) is 0 Å². The summed E-state index contributed by atoms with van der Waals surface area (Å²) in [6.07, 6.45) is 0. The van der Waals surface area contributed by atoms with Crippen LogP contribution in [0.25, 0.3) is 0 Å². The number of para-hydroxylation sites is 1. The Hall–Kier alpha value is -1.88. The Balaban J connectivity index is 2.46. The number of hydrogen-bond donors (Lipinski definition) is 3. The van der Waals surface area contributed by atoms with Crippen LogP contribution in [0.5, 0.6) is 0 Å². The van der Waals surface area contributed by atoms with Crippen molar-refractivity contribution in [1.29, 1.82) is 5.41 Å². The first-order valence-electron chi connectivity index (χ1n) is 5.41. The van der Waals surface area contributed by atoms with Gasteiger partial charge in [-0.1, -0.05) is 18.2 Å². The van der Waals surface area contributed by atoms with Gasteiger partial charge in [0.15, 0.2) is 0 Å². The lowest BCUT2D eigenvalue weighted by molar-refractivity contribution is 1.25. The lowest BCUT2D eigenvalue weighted by Gasteiger charge is -2.13. The summed E-state index contributed by atoms with van der Waals surface area (Å²) in [6, 6.07) is 11.4. The van der Waals surface area contributed by atoms with E-state index in [4.69, 9.17) is 11.1 Å². The summed E-state index contributed by atoms with van der Waals surface area (Å²) in [6.45, 7) is 1.69. The maximum absolute atomic E-state index is 7.78. The van der Waals surface area contributed by atoms with Gasteiger partial charge in [0.25, 0.3) is 0 Å². The molecule has 2 rings (SSSR count). The predicted molar refractivity (Wildman–Crippen MR) is 78.6 cm³/mol. The van der Waals surface area contributed by atoms with E-state index in [1.54, 1.807) is 13.0 Å². The number of nitrogens with zero attached hydrogens (tertiary/aromatic N) is 1. The molecular formula is C13H13BrN4. The van der Waals surface area contributed by atoms with Gasteiger partial charge in [0.1, 0.15) is 10.4 Å². The van der Waals surface area contributed by atoms with Gasteiger partial charge in [-0.05, 0) is 41.1 Å². The number of benzene rings is 1. The van der Waals surface area contributed by atoms with Crippen molar-refractivity contribution in [2.24, 2.45) is 0 Å². The molecule has 1 aromatic heterocycles. The second-order valence-corrected chi connectivity index (χ2v) is 4.69. The molecule has 92 valence electrons. The number of anilines is 3. The van der Waals surface area contributed by atoms with Crippen molar-refractivity contribution in [1.82, 2.24) is 4.98 Å². The Labute approximate surface area is 114 Å². The van der Waals surface area contributed by atoms with Crippen LogP contribution < -0.4 is 11.1 Å². The van der Waals surface area contributed by atoms with E-state index in [-0.39, 0.29) is 0 Å². The minimum absolute atomic E-state index is 0.380. The molecule has 0 radical (unpaired) electrons. The molecule has 18 heavy (non-hydrogen) atoms. The molecule has 0 fully saturated rings. The number of nitrogen functional groups attached to an aromatic ring is 1. The molecule has 0 atom stereocenters. The van der Waals surface area contributed by atoms with Crippen molar-refractivity contribution in [2.75, 3.05) is 11.1 Å². The SMILES string of the molecule is CC(=N)c1c(N)cc(Br)nc1Nc1ccccc1. The highest BCUT2D eigenvalue weighted by Crippen LogP contribution is 2.27. The Kier molecular flexibility index (Phi) is 3.62. The molecule has 0 aliphatic rings. The highest BCUT2D eigenvalue weighted by Gasteiger charge is 2.12. The molecule has 4 nitrogen and oxygen atoms in total. The van der Waals surface area contributed by atoms with Crippen molar-refractivity contribution in [2.45, 2.75) is 6.92 Å². The van der Waals surface area contributed by atoms with Crippen LogP contribution in [0.15, 0.2) is 41.0 Å². The van der Waals surface area contributed by atoms with E-state index in [1.165, 1.54) is 0 Å². The molecule has 1 heterocycles. The highest BCUT2D eigenvalue weighted by atomic mass is 79.9. The zero-order chi connectivity index (χ0) is 13.1. The fraction of sp³-hybridized carbons (Fsp3) is 0.0769. The highest BCUT2D eigenvalue weighted by molar-refractivity contribution is 9.10. The fourth-order valence-corrected chi connectivity index (χ4v) is 2.10. The number of nitrogens with two attached hydrogens (primary N) is 1. The Morgan fingerprint density at radius 1 is 1.33 bits per heavy atom. The van der Waals surface area contributed by atoms with Crippen molar-refractivity contribution >= 4 is 38.8 Å². The first-order valence-corrected chi connectivity index (χ1v) is 6.21. The summed E-state index contributed by atoms with van der Waals surface area (Å²) < 4.78 is 0.642. The molecule has 0 aliphatic carbocycles. The zero-order valence-electron chi connectivity index (χ0n) is 9.87. The van der Waals surface area contributed by atoms with Gasteiger partial charge in [-0.3, -0.25) is 0 Å². The number of hydrogen-bond acceptors (Lipinski definition) is 4. The molecule has 0 spiro atoms. The first kappa shape index (κ1) is 12.6. The van der Waals surface area contributed by atoms with Crippen LogP contribution in [0.3, 0.4) is 0 Å². The van der Waals surface area contributed by atoms with Crippen LogP contribution >= 0.6 is 15.9 Å². The summed E-state index contributed by atoms with van der Waals surface area (Å²) in [5, 5.41) is 11.0. The first-order chi connectivity index (χ1) is 8.58. The van der Waals surface area contributed by atoms with Crippen LogP contribution in [0.2, 0.25) is 0 Å². The normalized spacial score (nSPS) is 10.1. The molecule has 5 heteroatoms. The molecule has 2 aromatic rings. The molecular weight excluding hydrogens is 292 g/mol. The third kappa shape index (κ3) is 2.68. The molecule has 1 aromatic carbocycles. The average molecular weight is 305 g/mol. The van der Waals surface area contributed by atoms with E-state index in [0.717, 1.165) is 5.69 Å². The van der Waals surface area contributed by atoms with Crippen LogP contribution in [0, 0.1) is 5.41 Å². The fourth-order valence-electron chi connectivity index (χ4n) is 1.67. The zero-order valence-corrected chi connectivity index (χ0v) is 11.5. The monoisotopic (exact) mass is 304 g/mol. The topological polar surface area (TPSA) is 74.8 Å². The molecule has 0 unspecified atom stereocenters. The maximum atomic E-state index is 7.78. The standard InChI is InChI=1S/C13H13BrN4/c1-8(15)12-10(16)7-11(14)18-13(12)17-9-5-3-2-4-6-9/h2-7,15H,1H3,(H3,16,17,18). The van der Waals surface area contributed by atoms with Crippen molar-refractivity contribution in [3.05, 3.63) is 46.6 Å². The van der Waals surface area contributed by atoms with E-state index in [1.807, 2.05) is 30.3 Å². The van der Waals surface area contributed by atoms with Crippen LogP contribution in [0.4, 0.5) is 17.2 Å². The van der Waals surface area contributed by atoms with E-state index < -0.39 is 0 Å². The second-order valence-electron chi connectivity index (χ2n) is 3.87. The maximum Gasteiger partial charge on any atom is 0.142 e. The van der Waals surface area contributed by atoms with Crippen LogP contribution in [-0.2, 0) is 0 Å². The van der Waals surface area contributed by atoms with Gasteiger partial charge < -0.3 is 16.5 Å². The number of halogens is 1. The van der Waals surface area contributed by atoms with Crippen molar-refractivity contribution in [3.63, 3.8) is 0 Å². The number of aromatic nitrogens is 1. The van der Waals surface area contributed by atoms with E-state index >= 15 is 0 Å². The van der Waals surface area contributed by atoms with Crippen LogP contribution in [0.1, 0.15) is 12.5 Å². The molecule has 0 bridgehead atoms. The summed E-state index contributed by atoms with van der Waals surface area (Å²) in [4.78, 5) is 4.34. The van der Waals surface area contributed by atoms with Crippen molar-refractivity contribution in [3.8, 4) is 0 Å². The third-order valence-electron chi connectivity index (χ3n) is 2.43. The Morgan fingerprint density at radius 2 is 2.00 bits per heavy atom. The molecule has 4 N–H and O–H groups in total. The number of pyridine rings is 1. The Bertz CT molecular complexity index is 581. The summed E-state index contributed by atoms with van der Waals surface area (Å²) in [5.41, 5.74) is 8.37. The lowest BCUT2D eigenvalue weighted by atomic mass is 10.1. The second kappa shape index (κ2) is 5.18. The predicted octanol–water partition coefficient (Wildman–Crippen LogP) is 3.56. The largest absolute Gasteiger partial charge is 0.398 e. The van der Waals surface area contributed by atoms with Crippen molar-refractivity contribution < 1.29 is 0 Å². The molecule has 0 amide bonds. The number of rotatable bonds is 3. The molecule has 0 saturated carbocycles. The van der Waals surface area contributed by atoms with Gasteiger partial charge >= 0.3 is 0 Å². The van der Waals surface area contributed by atoms with Gasteiger partial charge in [-0.25, -0.2) is 4.98 Å². The summed E-state index contributed by atoms with van der Waals surface area (Å²) >= 11 is 3.31. The third-order valence-corrected chi connectivity index (χ3v) is 2.84. The van der Waals surface area contributed by atoms with Gasteiger partial charge in [0, 0.05) is 17.1 Å². The Morgan fingerprint density at radius 3 is 2.61 bits per heavy atom. The smallest absolute Gasteiger partial charge is 0.142 e. The van der Waals surface area contributed by atoms with Gasteiger partial charge in [0.2, 0.25) is 0 Å². The van der Waals surface area contributed by atoms with Gasteiger partial charge in [-0.15, -0.1) is 0 Å². The van der Waals surface area contributed by atoms with E-state index in [9.17, 15) is 0 Å². The number of nitrogens with one attached hydrogen (secondary N) is 2. The van der Waals surface area contributed by atoms with E-state index in [2.05, 4.69) is 26.2 Å². The lowest BCUT2D eigenvalue weighted by Crippen LogP contribution is -2.07. The quantitative estimate of drug-likeness (QED) is 0.599. The summed E-state index contributed by atoms with van der Waals surface area (Å²) in [5.74, 6) is 0.584. The minimum Gasteiger partial charge on any atom is -0.398 e.